The van der Waals surface area contributed by atoms with Gasteiger partial charge in [-0.3, -0.25) is 0 Å². The molecule has 0 spiro atoms. The highest BCUT2D eigenvalue weighted by molar-refractivity contribution is 5.85. The Kier molecular flexibility index (Phi) is 27.9. The first-order valence-corrected chi connectivity index (χ1v) is 6.26. The summed E-state index contributed by atoms with van der Waals surface area (Å²) in [6.07, 6.45) is 0.134. The third kappa shape index (κ3) is 51.7. The van der Waals surface area contributed by atoms with Gasteiger partial charge < -0.3 is 30.6 Å². The van der Waals surface area contributed by atoms with Crippen LogP contribution in [-0.2, 0) is 9.59 Å². The highest BCUT2D eigenvalue weighted by atomic mass is 16.4. The molecular formula is C14H28O8. The van der Waals surface area contributed by atoms with Crippen molar-refractivity contribution in [2.75, 3.05) is 19.8 Å². The molecule has 0 aromatic carbocycles. The fourth-order valence-corrected chi connectivity index (χ4v) is 0.187. The molecule has 0 aliphatic heterocycles. The van der Waals surface area contributed by atoms with Crippen LogP contribution >= 0.6 is 0 Å². The van der Waals surface area contributed by atoms with Crippen LogP contribution in [-0.4, -0.2) is 68.5 Å². The van der Waals surface area contributed by atoms with Gasteiger partial charge in [-0.15, -0.1) is 0 Å². The highest BCUT2D eigenvalue weighted by Gasteiger charge is 1.90. The first-order valence-electron chi connectivity index (χ1n) is 6.26. The summed E-state index contributed by atoms with van der Waals surface area (Å²) < 4.78 is 0. The lowest BCUT2D eigenvalue weighted by atomic mass is 10.3. The van der Waals surface area contributed by atoms with Crippen LogP contribution in [0.3, 0.4) is 0 Å². The standard InChI is InChI=1S/C4H10O2.2C4H6O2.C2H6O2/c1-4(6)2-3-5;2*1-3(2)4(5)6;3-1-2-4/h4-6H,2-3H2,1H3;2*1H2,2H3,(H,5,6);3-4H,1-2H2. The van der Waals surface area contributed by atoms with Crippen molar-refractivity contribution in [2.24, 2.45) is 0 Å². The number of hydrogen-bond donors (Lipinski definition) is 6. The zero-order chi connectivity index (χ0) is 18.7. The monoisotopic (exact) mass is 324 g/mol. The summed E-state index contributed by atoms with van der Waals surface area (Å²) in [5, 5.41) is 47.5. The lowest BCUT2D eigenvalue weighted by molar-refractivity contribution is -0.133. The zero-order valence-electron chi connectivity index (χ0n) is 13.3. The van der Waals surface area contributed by atoms with Gasteiger partial charge in [-0.1, -0.05) is 13.2 Å². The summed E-state index contributed by atoms with van der Waals surface area (Å²) in [4.78, 5) is 19.2. The molecule has 0 bridgehead atoms. The summed E-state index contributed by atoms with van der Waals surface area (Å²) in [5.41, 5.74) is 0.352. The van der Waals surface area contributed by atoms with E-state index in [4.69, 9.17) is 30.6 Å². The Morgan fingerprint density at radius 2 is 1.09 bits per heavy atom. The quantitative estimate of drug-likeness (QED) is 0.386. The SMILES string of the molecule is C=C(C)C(=O)O.C=C(C)C(=O)O.CC(O)CCO.OCCO. The normalized spacial score (nSPS) is 9.41. The lowest BCUT2D eigenvalue weighted by Crippen LogP contribution is -2.00. The minimum Gasteiger partial charge on any atom is -0.478 e. The van der Waals surface area contributed by atoms with Gasteiger partial charge in [0.15, 0.2) is 0 Å². The Balaban J connectivity index is -0.0000000994. The number of carbonyl (C=O) groups is 2. The molecular weight excluding hydrogens is 296 g/mol. The average Bonchev–Trinajstić information content (AvgIpc) is 2.40. The van der Waals surface area contributed by atoms with Crippen molar-refractivity contribution in [3.63, 3.8) is 0 Å². The van der Waals surface area contributed by atoms with E-state index < -0.39 is 11.9 Å². The van der Waals surface area contributed by atoms with Crippen LogP contribution in [0.5, 0.6) is 0 Å². The summed E-state index contributed by atoms with van der Waals surface area (Å²) in [7, 11) is 0. The summed E-state index contributed by atoms with van der Waals surface area (Å²) in [5.74, 6) is -1.87. The molecule has 0 saturated heterocycles. The van der Waals surface area contributed by atoms with Crippen LogP contribution in [0.1, 0.15) is 27.2 Å². The molecule has 1 unspecified atom stereocenters. The van der Waals surface area contributed by atoms with E-state index in [-0.39, 0.29) is 37.1 Å². The lowest BCUT2D eigenvalue weighted by Gasteiger charge is -1.95. The van der Waals surface area contributed by atoms with Crippen LogP contribution in [0.4, 0.5) is 0 Å². The van der Waals surface area contributed by atoms with Gasteiger partial charge in [0, 0.05) is 17.8 Å². The Hall–Kier alpha value is -1.74. The summed E-state index contributed by atoms with van der Waals surface area (Å²) in [6, 6.07) is 0. The van der Waals surface area contributed by atoms with Gasteiger partial charge in [0.1, 0.15) is 0 Å². The predicted octanol–water partition coefficient (Wildman–Crippen LogP) is 0.0148. The molecule has 1 atom stereocenters. The minimum atomic E-state index is -0.935. The smallest absolute Gasteiger partial charge is 0.330 e. The summed E-state index contributed by atoms with van der Waals surface area (Å²) >= 11 is 0. The Morgan fingerprint density at radius 3 is 1.09 bits per heavy atom. The van der Waals surface area contributed by atoms with Crippen molar-refractivity contribution >= 4 is 11.9 Å². The van der Waals surface area contributed by atoms with E-state index in [0.29, 0.717) is 6.42 Å². The summed E-state index contributed by atoms with van der Waals surface area (Å²) in [6.45, 7) is 10.7. The molecule has 0 saturated carbocycles. The second-order valence-electron chi connectivity index (χ2n) is 3.98. The average molecular weight is 324 g/mol. The van der Waals surface area contributed by atoms with Gasteiger partial charge in [0.05, 0.1) is 19.3 Å². The maximum atomic E-state index is 9.60. The molecule has 0 heterocycles. The van der Waals surface area contributed by atoms with E-state index in [1.807, 2.05) is 0 Å². The second kappa shape index (κ2) is 21.6. The van der Waals surface area contributed by atoms with Crippen molar-refractivity contribution in [1.29, 1.82) is 0 Å². The topological polar surface area (TPSA) is 156 Å². The van der Waals surface area contributed by atoms with Crippen molar-refractivity contribution in [1.82, 2.24) is 0 Å². The molecule has 0 aliphatic carbocycles. The Labute approximate surface area is 130 Å². The molecule has 0 aromatic rings. The fourth-order valence-electron chi connectivity index (χ4n) is 0.187. The first kappa shape index (κ1) is 28.4. The predicted molar refractivity (Wildman–Crippen MR) is 82.5 cm³/mol. The third-order valence-electron chi connectivity index (χ3n) is 1.38. The molecule has 0 radical (unpaired) electrons. The van der Waals surface area contributed by atoms with Gasteiger partial charge >= 0.3 is 11.9 Å². The largest absolute Gasteiger partial charge is 0.478 e. The van der Waals surface area contributed by atoms with Gasteiger partial charge in [-0.05, 0) is 27.2 Å². The molecule has 0 fully saturated rings. The number of carboxylic acid groups (broad SMARTS) is 2. The van der Waals surface area contributed by atoms with E-state index in [1.165, 1.54) is 13.8 Å². The van der Waals surface area contributed by atoms with E-state index in [1.54, 1.807) is 6.92 Å². The molecule has 8 heteroatoms. The molecule has 6 N–H and O–H groups in total. The Bertz CT molecular complexity index is 260. The van der Waals surface area contributed by atoms with Crippen LogP contribution in [0.15, 0.2) is 24.3 Å². The molecule has 132 valence electrons. The number of aliphatic carboxylic acids is 2. The molecule has 0 amide bonds. The van der Waals surface area contributed by atoms with E-state index in [0.717, 1.165) is 0 Å². The number of aliphatic hydroxyl groups excluding tert-OH is 4. The van der Waals surface area contributed by atoms with Gasteiger partial charge in [-0.25, -0.2) is 9.59 Å². The zero-order valence-corrected chi connectivity index (χ0v) is 13.3. The molecule has 0 aromatic heterocycles. The third-order valence-corrected chi connectivity index (χ3v) is 1.38. The number of hydrogen-bond acceptors (Lipinski definition) is 6. The van der Waals surface area contributed by atoms with Crippen molar-refractivity contribution in [3.8, 4) is 0 Å². The van der Waals surface area contributed by atoms with E-state index >= 15 is 0 Å². The van der Waals surface area contributed by atoms with Crippen LogP contribution in [0.2, 0.25) is 0 Å². The number of rotatable bonds is 5. The maximum Gasteiger partial charge on any atom is 0.330 e. The Morgan fingerprint density at radius 1 is 0.864 bits per heavy atom. The minimum absolute atomic E-state index is 0.0810. The van der Waals surface area contributed by atoms with Crippen molar-refractivity contribution in [3.05, 3.63) is 24.3 Å². The van der Waals surface area contributed by atoms with Crippen LogP contribution in [0.25, 0.3) is 0 Å². The van der Waals surface area contributed by atoms with Gasteiger partial charge in [0.25, 0.3) is 0 Å². The van der Waals surface area contributed by atoms with Gasteiger partial charge in [0.2, 0.25) is 0 Å². The molecule has 22 heavy (non-hydrogen) atoms. The van der Waals surface area contributed by atoms with E-state index in [2.05, 4.69) is 13.2 Å². The highest BCUT2D eigenvalue weighted by Crippen LogP contribution is 1.83. The number of aliphatic hydroxyl groups is 4. The van der Waals surface area contributed by atoms with Gasteiger partial charge in [-0.2, -0.15) is 0 Å². The van der Waals surface area contributed by atoms with Crippen molar-refractivity contribution in [2.45, 2.75) is 33.3 Å². The van der Waals surface area contributed by atoms with Crippen LogP contribution < -0.4 is 0 Å². The number of carboxylic acids is 2. The van der Waals surface area contributed by atoms with Crippen LogP contribution in [0, 0.1) is 0 Å². The first-order chi connectivity index (χ1) is 9.97. The van der Waals surface area contributed by atoms with E-state index in [9.17, 15) is 9.59 Å². The molecule has 0 aliphatic rings. The fraction of sp³-hybridized carbons (Fsp3) is 0.571. The van der Waals surface area contributed by atoms with Crippen molar-refractivity contribution < 1.29 is 40.2 Å². The molecule has 0 rings (SSSR count). The second-order valence-corrected chi connectivity index (χ2v) is 3.98. The molecule has 8 nitrogen and oxygen atoms in total. The maximum absolute atomic E-state index is 9.60.